The van der Waals surface area contributed by atoms with E-state index in [0.717, 1.165) is 11.3 Å². The Hall–Kier alpha value is -1.82. The lowest BCUT2D eigenvalue weighted by molar-refractivity contribution is -0.113. The number of carbonyl (C=O) groups is 1. The molecule has 1 fully saturated rings. The van der Waals surface area contributed by atoms with E-state index in [2.05, 4.69) is 0 Å². The van der Waals surface area contributed by atoms with Crippen LogP contribution in [0.3, 0.4) is 0 Å². The van der Waals surface area contributed by atoms with Gasteiger partial charge in [-0.15, -0.1) is 0 Å². The summed E-state index contributed by atoms with van der Waals surface area (Å²) in [6.45, 7) is 1.05. The van der Waals surface area contributed by atoms with Gasteiger partial charge in [-0.2, -0.15) is 0 Å². The van der Waals surface area contributed by atoms with Crippen LogP contribution in [0.5, 0.6) is 0 Å². The van der Waals surface area contributed by atoms with Crippen molar-refractivity contribution < 1.29 is 13.2 Å². The number of nitrogens with two attached hydrogens (primary N) is 1. The second kappa shape index (κ2) is 5.44. The molecule has 1 amide bonds. The van der Waals surface area contributed by atoms with Crippen LogP contribution in [0, 0.1) is 0 Å². The number of amides is 1. The van der Waals surface area contributed by atoms with Crippen LogP contribution in [0.1, 0.15) is 5.56 Å². The largest absolute Gasteiger partial charge is 0.369 e. The summed E-state index contributed by atoms with van der Waals surface area (Å²) in [5.74, 6) is -0.0718. The molecule has 0 atom stereocenters. The van der Waals surface area contributed by atoms with Crippen LogP contribution < -0.4 is 10.6 Å². The summed E-state index contributed by atoms with van der Waals surface area (Å²) in [5.41, 5.74) is 6.90. The summed E-state index contributed by atoms with van der Waals surface area (Å²) in [4.78, 5) is 12.7. The molecule has 1 aliphatic heterocycles. The third-order valence-corrected chi connectivity index (χ3v) is 4.65. The first-order valence-corrected chi connectivity index (χ1v) is 7.81. The van der Waals surface area contributed by atoms with E-state index in [4.69, 9.17) is 5.73 Å². The average molecular weight is 280 g/mol. The Balaban J connectivity index is 2.05. The molecule has 0 aliphatic carbocycles. The van der Waals surface area contributed by atoms with Crippen molar-refractivity contribution in [2.24, 2.45) is 5.73 Å². The first-order chi connectivity index (χ1) is 8.96. The average Bonchev–Trinajstić information content (AvgIpc) is 2.37. The van der Waals surface area contributed by atoms with Crippen LogP contribution >= 0.6 is 0 Å². The van der Waals surface area contributed by atoms with Crippen molar-refractivity contribution in [1.82, 2.24) is 0 Å². The van der Waals surface area contributed by atoms with Crippen molar-refractivity contribution in [1.29, 1.82) is 0 Å². The molecule has 6 heteroatoms. The number of rotatable bonds is 3. The van der Waals surface area contributed by atoms with Gasteiger partial charge in [-0.3, -0.25) is 4.79 Å². The maximum absolute atomic E-state index is 11.4. The van der Waals surface area contributed by atoms with E-state index in [9.17, 15) is 13.2 Å². The Morgan fingerprint density at radius 2 is 1.74 bits per heavy atom. The summed E-state index contributed by atoms with van der Waals surface area (Å²) in [6.07, 6.45) is 2.95. The lowest BCUT2D eigenvalue weighted by Crippen LogP contribution is -2.40. The Kier molecular flexibility index (Phi) is 3.90. The second-order valence-electron chi connectivity index (χ2n) is 4.47. The van der Waals surface area contributed by atoms with Gasteiger partial charge in [0.2, 0.25) is 5.91 Å². The molecule has 102 valence electrons. The molecule has 1 aromatic carbocycles. The number of anilines is 1. The van der Waals surface area contributed by atoms with E-state index in [-0.39, 0.29) is 11.5 Å². The fourth-order valence-electron chi connectivity index (χ4n) is 1.95. The van der Waals surface area contributed by atoms with Crippen molar-refractivity contribution >= 4 is 27.5 Å². The number of sulfone groups is 1. The van der Waals surface area contributed by atoms with Gasteiger partial charge in [0.15, 0.2) is 9.84 Å². The number of carbonyl (C=O) groups excluding carboxylic acids is 1. The lowest BCUT2D eigenvalue weighted by atomic mass is 10.2. The highest BCUT2D eigenvalue weighted by molar-refractivity contribution is 7.91. The zero-order valence-electron chi connectivity index (χ0n) is 10.5. The minimum absolute atomic E-state index is 0.205. The molecule has 1 aliphatic rings. The van der Waals surface area contributed by atoms with Crippen LogP contribution in [0.25, 0.3) is 6.08 Å². The van der Waals surface area contributed by atoms with Crippen LogP contribution in [-0.2, 0) is 14.6 Å². The minimum Gasteiger partial charge on any atom is -0.369 e. The molecule has 0 saturated carbocycles. The standard InChI is InChI=1S/C13H16N2O3S/c14-13(16)6-3-11-1-4-12(5-2-11)15-7-9-19(17,18)10-8-15/h1-6H,7-10H2,(H2,14,16)/b6-3-. The van der Waals surface area contributed by atoms with Crippen molar-refractivity contribution in [3.8, 4) is 0 Å². The smallest absolute Gasteiger partial charge is 0.241 e. The Morgan fingerprint density at radius 1 is 1.16 bits per heavy atom. The molecular formula is C13H16N2O3S. The molecule has 19 heavy (non-hydrogen) atoms. The molecule has 2 N–H and O–H groups in total. The molecule has 0 aromatic heterocycles. The molecule has 0 spiro atoms. The maximum atomic E-state index is 11.4. The van der Waals surface area contributed by atoms with Crippen LogP contribution in [0.2, 0.25) is 0 Å². The van der Waals surface area contributed by atoms with E-state index >= 15 is 0 Å². The van der Waals surface area contributed by atoms with Gasteiger partial charge in [0.1, 0.15) is 0 Å². The number of hydrogen-bond donors (Lipinski definition) is 1. The first-order valence-electron chi connectivity index (χ1n) is 5.99. The van der Waals surface area contributed by atoms with E-state index in [1.165, 1.54) is 6.08 Å². The van der Waals surface area contributed by atoms with Crippen LogP contribution in [0.15, 0.2) is 30.3 Å². The molecule has 0 bridgehead atoms. The highest BCUT2D eigenvalue weighted by Gasteiger charge is 2.21. The van der Waals surface area contributed by atoms with Gasteiger partial charge in [-0.25, -0.2) is 8.42 Å². The molecule has 1 saturated heterocycles. The zero-order chi connectivity index (χ0) is 13.9. The van der Waals surface area contributed by atoms with Crippen molar-refractivity contribution in [3.05, 3.63) is 35.9 Å². The van der Waals surface area contributed by atoms with Gasteiger partial charge in [0.25, 0.3) is 0 Å². The molecule has 5 nitrogen and oxygen atoms in total. The SMILES string of the molecule is NC(=O)/C=C\c1ccc(N2CCS(=O)(=O)CC2)cc1. The monoisotopic (exact) mass is 280 g/mol. The Morgan fingerprint density at radius 3 is 2.26 bits per heavy atom. The molecule has 2 rings (SSSR count). The fourth-order valence-corrected chi connectivity index (χ4v) is 3.15. The minimum atomic E-state index is -2.85. The predicted octanol–water partition coefficient (Wildman–Crippen LogP) is 0.420. The zero-order valence-corrected chi connectivity index (χ0v) is 11.3. The second-order valence-corrected chi connectivity index (χ2v) is 6.77. The normalized spacial score (nSPS) is 18.6. The molecular weight excluding hydrogens is 264 g/mol. The van der Waals surface area contributed by atoms with Crippen molar-refractivity contribution in [3.63, 3.8) is 0 Å². The summed E-state index contributed by atoms with van der Waals surface area (Å²) in [7, 11) is -2.85. The molecule has 1 heterocycles. The van der Waals surface area contributed by atoms with Crippen molar-refractivity contribution in [2.45, 2.75) is 0 Å². The van der Waals surface area contributed by atoms with Gasteiger partial charge in [0, 0.05) is 24.9 Å². The maximum Gasteiger partial charge on any atom is 0.241 e. The number of benzene rings is 1. The molecule has 0 radical (unpaired) electrons. The van der Waals surface area contributed by atoms with E-state index in [0.29, 0.717) is 13.1 Å². The topological polar surface area (TPSA) is 80.5 Å². The fraction of sp³-hybridized carbons (Fsp3) is 0.308. The van der Waals surface area contributed by atoms with Crippen LogP contribution in [-0.4, -0.2) is 38.9 Å². The third-order valence-electron chi connectivity index (χ3n) is 3.04. The van der Waals surface area contributed by atoms with Gasteiger partial charge in [-0.05, 0) is 23.8 Å². The lowest BCUT2D eigenvalue weighted by Gasteiger charge is -2.28. The number of primary amides is 1. The number of hydrogen-bond acceptors (Lipinski definition) is 4. The predicted molar refractivity (Wildman–Crippen MR) is 75.5 cm³/mol. The van der Waals surface area contributed by atoms with Gasteiger partial charge < -0.3 is 10.6 Å². The summed E-state index contributed by atoms with van der Waals surface area (Å²) in [5, 5.41) is 0. The molecule has 1 aromatic rings. The van der Waals surface area contributed by atoms with Gasteiger partial charge >= 0.3 is 0 Å². The van der Waals surface area contributed by atoms with E-state index < -0.39 is 15.7 Å². The van der Waals surface area contributed by atoms with E-state index in [1.807, 2.05) is 29.2 Å². The summed E-state index contributed by atoms with van der Waals surface area (Å²) >= 11 is 0. The van der Waals surface area contributed by atoms with Gasteiger partial charge in [-0.1, -0.05) is 12.1 Å². The molecule has 0 unspecified atom stereocenters. The quantitative estimate of drug-likeness (QED) is 0.814. The van der Waals surface area contributed by atoms with Crippen molar-refractivity contribution in [2.75, 3.05) is 29.5 Å². The Labute approximate surface area is 112 Å². The first kappa shape index (κ1) is 13.6. The highest BCUT2D eigenvalue weighted by Crippen LogP contribution is 2.18. The Bertz CT molecular complexity index is 577. The highest BCUT2D eigenvalue weighted by atomic mass is 32.2. The van der Waals surface area contributed by atoms with Gasteiger partial charge in [0.05, 0.1) is 11.5 Å². The third kappa shape index (κ3) is 3.82. The number of nitrogens with zero attached hydrogens (tertiary/aromatic N) is 1. The summed E-state index contributed by atoms with van der Waals surface area (Å²) in [6, 6.07) is 7.58. The van der Waals surface area contributed by atoms with E-state index in [1.54, 1.807) is 6.08 Å². The van der Waals surface area contributed by atoms with Crippen LogP contribution in [0.4, 0.5) is 5.69 Å². The summed E-state index contributed by atoms with van der Waals surface area (Å²) < 4.78 is 22.7.